The smallest absolute Gasteiger partial charge is 0.360 e. The predicted molar refractivity (Wildman–Crippen MR) is 89.4 cm³/mol. The summed E-state index contributed by atoms with van der Waals surface area (Å²) < 4.78 is 11.2. The van der Waals surface area contributed by atoms with E-state index >= 15 is 0 Å². The first kappa shape index (κ1) is 15.4. The van der Waals surface area contributed by atoms with Crippen LogP contribution < -0.4 is 4.74 Å². The molecule has 0 saturated carbocycles. The number of rotatable bonds is 4. The van der Waals surface area contributed by atoms with Gasteiger partial charge in [0.05, 0.1) is 7.11 Å². The van der Waals surface area contributed by atoms with Crippen LogP contribution in [-0.4, -0.2) is 23.0 Å². The maximum Gasteiger partial charge on any atom is 0.360 e. The monoisotopic (exact) mass is 372 g/mol. The van der Waals surface area contributed by atoms with Crippen LogP contribution in [0.25, 0.3) is 10.9 Å². The highest BCUT2D eigenvalue weighted by Gasteiger charge is 2.21. The molecule has 0 saturated heterocycles. The number of methoxy groups -OCH3 is 1. The van der Waals surface area contributed by atoms with Gasteiger partial charge in [-0.1, -0.05) is 30.3 Å². The summed E-state index contributed by atoms with van der Waals surface area (Å²) in [4.78, 5) is 20.6. The number of nitrogens with zero attached hydrogens (tertiary/aromatic N) is 2. The minimum Gasteiger partial charge on any atom is -0.484 e. The molecule has 0 amide bonds. The molecule has 0 N–H and O–H groups in total. The minimum atomic E-state index is -0.568. The molecule has 23 heavy (non-hydrogen) atoms. The van der Waals surface area contributed by atoms with Crippen molar-refractivity contribution in [2.24, 2.45) is 0 Å². The van der Waals surface area contributed by atoms with Gasteiger partial charge in [0.25, 0.3) is 0 Å². The lowest BCUT2D eigenvalue weighted by Crippen LogP contribution is -2.10. The van der Waals surface area contributed by atoms with Crippen LogP contribution in [0.4, 0.5) is 0 Å². The van der Waals surface area contributed by atoms with Gasteiger partial charge in [-0.05, 0) is 33.6 Å². The number of ether oxygens (including phenoxy) is 2. The van der Waals surface area contributed by atoms with Crippen molar-refractivity contribution < 1.29 is 14.3 Å². The van der Waals surface area contributed by atoms with Crippen molar-refractivity contribution in [3.63, 3.8) is 0 Å². The van der Waals surface area contributed by atoms with Gasteiger partial charge in [-0.3, -0.25) is 4.98 Å². The second-order valence-corrected chi connectivity index (χ2v) is 5.50. The highest BCUT2D eigenvalue weighted by molar-refractivity contribution is 9.10. The van der Waals surface area contributed by atoms with Crippen LogP contribution in [0.1, 0.15) is 16.1 Å². The summed E-state index contributed by atoms with van der Waals surface area (Å²) in [6.45, 7) is 0.305. The lowest BCUT2D eigenvalue weighted by atomic mass is 10.2. The maximum absolute atomic E-state index is 12.0. The van der Waals surface area contributed by atoms with Crippen LogP contribution in [0, 0.1) is 0 Å². The zero-order chi connectivity index (χ0) is 16.2. The first-order valence-corrected chi connectivity index (χ1v) is 7.69. The van der Waals surface area contributed by atoms with Crippen LogP contribution in [0.2, 0.25) is 0 Å². The second-order valence-electron chi connectivity index (χ2n) is 4.75. The van der Waals surface area contributed by atoms with Gasteiger partial charge in [0.1, 0.15) is 16.7 Å². The van der Waals surface area contributed by atoms with Gasteiger partial charge < -0.3 is 9.47 Å². The third kappa shape index (κ3) is 3.17. The molecule has 0 fully saturated rings. The second kappa shape index (κ2) is 6.75. The Morgan fingerprint density at radius 1 is 1.17 bits per heavy atom. The molecule has 0 spiro atoms. The largest absolute Gasteiger partial charge is 0.484 e. The van der Waals surface area contributed by atoms with Crippen molar-refractivity contribution in [1.29, 1.82) is 0 Å². The number of pyridine rings is 2. The molecule has 1 aromatic carbocycles. The Balaban J connectivity index is 2.08. The molecule has 116 valence electrons. The number of aromatic nitrogens is 2. The molecule has 0 aliphatic carbocycles. The fraction of sp³-hybridized carbons (Fsp3) is 0.118. The van der Waals surface area contributed by atoms with Crippen LogP contribution in [0.15, 0.2) is 53.3 Å². The zero-order valence-corrected chi connectivity index (χ0v) is 13.9. The Kier molecular flexibility index (Phi) is 4.52. The summed E-state index contributed by atoms with van der Waals surface area (Å²) in [5.74, 6) is -0.249. The molecule has 0 aliphatic rings. The van der Waals surface area contributed by atoms with Gasteiger partial charge in [0.15, 0.2) is 11.4 Å². The number of carbonyl (C=O) groups excluding carboxylic acids is 1. The summed E-state index contributed by atoms with van der Waals surface area (Å²) >= 11 is 3.36. The van der Waals surface area contributed by atoms with Crippen LogP contribution in [-0.2, 0) is 11.3 Å². The summed E-state index contributed by atoms with van der Waals surface area (Å²) in [6, 6.07) is 13.3. The number of halogens is 1. The predicted octanol–water partition coefficient (Wildman–Crippen LogP) is 3.76. The molecule has 3 rings (SSSR count). The lowest BCUT2D eigenvalue weighted by Gasteiger charge is -2.13. The van der Waals surface area contributed by atoms with Crippen LogP contribution in [0.5, 0.6) is 5.75 Å². The lowest BCUT2D eigenvalue weighted by molar-refractivity contribution is 0.0588. The molecule has 2 aromatic heterocycles. The Bertz CT molecular complexity index is 853. The average molecular weight is 373 g/mol. The SMILES string of the molecule is COC(=O)c1nc(Br)c2cccnc2c1OCc1ccccc1. The van der Waals surface area contributed by atoms with E-state index in [9.17, 15) is 4.79 Å². The van der Waals surface area contributed by atoms with E-state index in [4.69, 9.17) is 9.47 Å². The number of benzene rings is 1. The highest BCUT2D eigenvalue weighted by atomic mass is 79.9. The Hall–Kier alpha value is -2.47. The number of hydrogen-bond acceptors (Lipinski definition) is 5. The maximum atomic E-state index is 12.0. The molecule has 0 radical (unpaired) electrons. The Morgan fingerprint density at radius 3 is 2.70 bits per heavy atom. The first-order valence-electron chi connectivity index (χ1n) is 6.90. The third-order valence-corrected chi connectivity index (χ3v) is 3.88. The number of hydrogen-bond donors (Lipinski definition) is 0. The van der Waals surface area contributed by atoms with E-state index in [0.717, 1.165) is 10.9 Å². The molecular formula is C17H13BrN2O3. The van der Waals surface area contributed by atoms with E-state index in [1.54, 1.807) is 12.3 Å². The van der Waals surface area contributed by atoms with E-state index in [0.29, 0.717) is 22.5 Å². The fourth-order valence-corrected chi connectivity index (χ4v) is 2.67. The van der Waals surface area contributed by atoms with Crippen molar-refractivity contribution in [1.82, 2.24) is 9.97 Å². The van der Waals surface area contributed by atoms with Crippen molar-refractivity contribution in [2.45, 2.75) is 6.61 Å². The van der Waals surface area contributed by atoms with Crippen molar-refractivity contribution in [2.75, 3.05) is 7.11 Å². The van der Waals surface area contributed by atoms with Gasteiger partial charge in [0, 0.05) is 11.6 Å². The minimum absolute atomic E-state index is 0.0986. The van der Waals surface area contributed by atoms with Gasteiger partial charge in [-0.15, -0.1) is 0 Å². The third-order valence-electron chi connectivity index (χ3n) is 3.27. The van der Waals surface area contributed by atoms with Crippen LogP contribution in [0.3, 0.4) is 0 Å². The zero-order valence-electron chi connectivity index (χ0n) is 12.3. The Labute approximate surface area is 141 Å². The molecule has 6 heteroatoms. The quantitative estimate of drug-likeness (QED) is 0.515. The fourth-order valence-electron chi connectivity index (χ4n) is 2.18. The van der Waals surface area contributed by atoms with Crippen molar-refractivity contribution in [3.8, 4) is 5.75 Å². The van der Waals surface area contributed by atoms with Crippen molar-refractivity contribution in [3.05, 3.63) is 64.5 Å². The summed E-state index contributed by atoms with van der Waals surface area (Å²) in [5.41, 5.74) is 1.64. The highest BCUT2D eigenvalue weighted by Crippen LogP contribution is 2.32. The topological polar surface area (TPSA) is 61.3 Å². The molecule has 5 nitrogen and oxygen atoms in total. The van der Waals surface area contributed by atoms with E-state index in [1.807, 2.05) is 36.4 Å². The van der Waals surface area contributed by atoms with E-state index in [2.05, 4.69) is 25.9 Å². The van der Waals surface area contributed by atoms with E-state index < -0.39 is 5.97 Å². The average Bonchev–Trinajstić information content (AvgIpc) is 2.61. The number of carbonyl (C=O) groups is 1. The van der Waals surface area contributed by atoms with Gasteiger partial charge in [-0.25, -0.2) is 9.78 Å². The van der Waals surface area contributed by atoms with Crippen molar-refractivity contribution >= 4 is 32.8 Å². The molecule has 0 unspecified atom stereocenters. The van der Waals surface area contributed by atoms with Gasteiger partial charge >= 0.3 is 5.97 Å². The molecule has 0 bridgehead atoms. The standard InChI is InChI=1S/C17H13BrN2O3/c1-22-17(21)14-15(23-10-11-6-3-2-4-7-11)13-12(16(18)20-14)8-5-9-19-13/h2-9H,10H2,1H3. The molecular weight excluding hydrogens is 360 g/mol. The number of esters is 1. The summed E-state index contributed by atoms with van der Waals surface area (Å²) in [5, 5.41) is 0.767. The first-order chi connectivity index (χ1) is 11.2. The molecule has 3 aromatic rings. The summed E-state index contributed by atoms with van der Waals surface area (Å²) in [7, 11) is 1.31. The van der Waals surface area contributed by atoms with Gasteiger partial charge in [-0.2, -0.15) is 0 Å². The van der Waals surface area contributed by atoms with Crippen LogP contribution >= 0.6 is 15.9 Å². The molecule has 0 atom stereocenters. The molecule has 0 aliphatic heterocycles. The van der Waals surface area contributed by atoms with E-state index in [1.165, 1.54) is 7.11 Å². The van der Waals surface area contributed by atoms with E-state index in [-0.39, 0.29) is 5.69 Å². The Morgan fingerprint density at radius 2 is 1.96 bits per heavy atom. The molecule has 2 heterocycles. The normalized spacial score (nSPS) is 10.5. The number of fused-ring (bicyclic) bond motifs is 1. The summed E-state index contributed by atoms with van der Waals surface area (Å²) in [6.07, 6.45) is 1.64. The van der Waals surface area contributed by atoms with Gasteiger partial charge in [0.2, 0.25) is 0 Å².